The lowest BCUT2D eigenvalue weighted by Crippen LogP contribution is -2.34. The summed E-state index contributed by atoms with van der Waals surface area (Å²) in [5, 5.41) is 3.36. The number of likely N-dealkylation sites (tertiary alicyclic amines) is 1. The Balaban J connectivity index is 1.60. The molecule has 144 valence electrons. The number of carbonyl (C=O) groups is 1. The molecule has 1 N–H and O–H groups in total. The van der Waals surface area contributed by atoms with E-state index in [1.54, 1.807) is 42.6 Å². The Hall–Kier alpha value is -2.74. The number of aromatic nitrogens is 2. The van der Waals surface area contributed by atoms with Crippen molar-refractivity contribution in [2.24, 2.45) is 0 Å². The summed E-state index contributed by atoms with van der Waals surface area (Å²) in [6, 6.07) is 4.85. The van der Waals surface area contributed by atoms with Gasteiger partial charge in [-0.05, 0) is 18.2 Å². The smallest absolute Gasteiger partial charge is 0.322 e. The lowest BCUT2D eigenvalue weighted by molar-refractivity contribution is 0.189. The van der Waals surface area contributed by atoms with Gasteiger partial charge >= 0.3 is 6.03 Å². The predicted octanol–water partition coefficient (Wildman–Crippen LogP) is 2.89. The minimum Gasteiger partial charge on any atom is -0.495 e. The van der Waals surface area contributed by atoms with Gasteiger partial charge in [-0.3, -0.25) is 4.98 Å². The fourth-order valence-corrected chi connectivity index (χ4v) is 2.93. The van der Waals surface area contributed by atoms with E-state index in [1.807, 2.05) is 19.0 Å². The predicted molar refractivity (Wildman–Crippen MR) is 104 cm³/mol. The van der Waals surface area contributed by atoms with Crippen LogP contribution in [0, 0.1) is 0 Å². The summed E-state index contributed by atoms with van der Waals surface area (Å²) >= 11 is 6.01. The SMILES string of the molecule is COc1ccc(Cl)cc1NC(=O)N1CCC(Oc2cncc(N(C)C)n2)C1. The quantitative estimate of drug-likeness (QED) is 0.844. The molecule has 9 heteroatoms. The van der Waals surface area contributed by atoms with E-state index in [4.69, 9.17) is 21.1 Å². The Bertz CT molecular complexity index is 817. The molecule has 1 aromatic carbocycles. The molecule has 1 aromatic heterocycles. The van der Waals surface area contributed by atoms with Crippen molar-refractivity contribution in [3.05, 3.63) is 35.6 Å². The molecule has 3 rings (SSSR count). The standard InChI is InChI=1S/C18H22ClN5O3/c1-23(2)16-9-20-10-17(22-16)27-13-6-7-24(11-13)18(25)21-14-8-12(19)4-5-15(14)26-3/h4-5,8-10,13H,6-7,11H2,1-3H3,(H,21,25). The molecule has 1 unspecified atom stereocenters. The molecule has 1 fully saturated rings. The van der Waals surface area contributed by atoms with Gasteiger partial charge in [0.15, 0.2) is 5.82 Å². The van der Waals surface area contributed by atoms with Crippen LogP contribution in [0.15, 0.2) is 30.6 Å². The van der Waals surface area contributed by atoms with E-state index in [0.29, 0.717) is 47.7 Å². The summed E-state index contributed by atoms with van der Waals surface area (Å²) in [5.74, 6) is 1.72. The number of urea groups is 1. The van der Waals surface area contributed by atoms with Gasteiger partial charge < -0.3 is 24.6 Å². The normalized spacial score (nSPS) is 16.1. The topological polar surface area (TPSA) is 79.8 Å². The first-order valence-corrected chi connectivity index (χ1v) is 8.89. The van der Waals surface area contributed by atoms with Crippen molar-refractivity contribution in [3.63, 3.8) is 0 Å². The number of halogens is 1. The van der Waals surface area contributed by atoms with Gasteiger partial charge in [-0.1, -0.05) is 11.6 Å². The van der Waals surface area contributed by atoms with Gasteiger partial charge in [0.1, 0.15) is 11.9 Å². The number of anilines is 2. The van der Waals surface area contributed by atoms with Gasteiger partial charge in [0.05, 0.1) is 31.7 Å². The lowest BCUT2D eigenvalue weighted by Gasteiger charge is -2.19. The van der Waals surface area contributed by atoms with Crippen LogP contribution in [0.25, 0.3) is 0 Å². The Morgan fingerprint density at radius 1 is 1.37 bits per heavy atom. The molecule has 0 saturated carbocycles. The number of hydrogen-bond donors (Lipinski definition) is 1. The zero-order valence-corrected chi connectivity index (χ0v) is 16.2. The van der Waals surface area contributed by atoms with Gasteiger partial charge in [0.25, 0.3) is 0 Å². The number of carbonyl (C=O) groups excluding carboxylic acids is 1. The molecule has 1 aliphatic heterocycles. The van der Waals surface area contributed by atoms with Gasteiger partial charge in [-0.25, -0.2) is 4.79 Å². The highest BCUT2D eigenvalue weighted by Crippen LogP contribution is 2.28. The fraction of sp³-hybridized carbons (Fsp3) is 0.389. The van der Waals surface area contributed by atoms with E-state index in [1.165, 1.54) is 0 Å². The number of benzene rings is 1. The van der Waals surface area contributed by atoms with Crippen LogP contribution in [-0.2, 0) is 0 Å². The van der Waals surface area contributed by atoms with Crippen molar-refractivity contribution >= 4 is 29.1 Å². The van der Waals surface area contributed by atoms with Gasteiger partial charge in [-0.2, -0.15) is 4.98 Å². The molecule has 0 aliphatic carbocycles. The molecule has 0 radical (unpaired) electrons. The second kappa shape index (κ2) is 8.30. The molecule has 1 saturated heterocycles. The van der Waals surface area contributed by atoms with Gasteiger partial charge in [0, 0.05) is 32.1 Å². The molecule has 2 amide bonds. The van der Waals surface area contributed by atoms with Crippen LogP contribution < -0.4 is 19.7 Å². The van der Waals surface area contributed by atoms with E-state index in [-0.39, 0.29) is 12.1 Å². The maximum Gasteiger partial charge on any atom is 0.322 e. The maximum absolute atomic E-state index is 12.6. The summed E-state index contributed by atoms with van der Waals surface area (Å²) in [6.45, 7) is 1.04. The number of hydrogen-bond acceptors (Lipinski definition) is 6. The molecule has 8 nitrogen and oxygen atoms in total. The summed E-state index contributed by atoms with van der Waals surface area (Å²) in [7, 11) is 5.32. The number of rotatable bonds is 5. The van der Waals surface area contributed by atoms with Crippen molar-refractivity contribution in [2.75, 3.05) is 44.5 Å². The summed E-state index contributed by atoms with van der Waals surface area (Å²) in [5.41, 5.74) is 0.531. The van der Waals surface area contributed by atoms with E-state index < -0.39 is 0 Å². The summed E-state index contributed by atoms with van der Waals surface area (Å²) < 4.78 is 11.2. The Labute approximate surface area is 163 Å². The molecule has 1 atom stereocenters. The number of nitrogens with one attached hydrogen (secondary N) is 1. The minimum atomic E-state index is -0.227. The minimum absolute atomic E-state index is 0.135. The first-order valence-electron chi connectivity index (χ1n) is 8.51. The van der Waals surface area contributed by atoms with Crippen molar-refractivity contribution in [3.8, 4) is 11.6 Å². The molecule has 27 heavy (non-hydrogen) atoms. The zero-order chi connectivity index (χ0) is 19.4. The molecule has 0 bridgehead atoms. The monoisotopic (exact) mass is 391 g/mol. The van der Waals surface area contributed by atoms with Crippen LogP contribution in [0.3, 0.4) is 0 Å². The second-order valence-electron chi connectivity index (χ2n) is 6.36. The third-order valence-corrected chi connectivity index (χ3v) is 4.42. The van der Waals surface area contributed by atoms with Crippen molar-refractivity contribution in [1.82, 2.24) is 14.9 Å². The van der Waals surface area contributed by atoms with E-state index >= 15 is 0 Å². The maximum atomic E-state index is 12.6. The van der Waals surface area contributed by atoms with Crippen LogP contribution in [0.1, 0.15) is 6.42 Å². The first-order chi connectivity index (χ1) is 13.0. The number of ether oxygens (including phenoxy) is 2. The Morgan fingerprint density at radius 3 is 2.93 bits per heavy atom. The lowest BCUT2D eigenvalue weighted by atomic mass is 10.3. The van der Waals surface area contributed by atoms with Crippen molar-refractivity contribution in [2.45, 2.75) is 12.5 Å². The van der Waals surface area contributed by atoms with E-state index in [2.05, 4.69) is 15.3 Å². The summed E-state index contributed by atoms with van der Waals surface area (Å²) in [4.78, 5) is 24.6. The third kappa shape index (κ3) is 4.71. The number of amides is 2. The van der Waals surface area contributed by atoms with Crippen molar-refractivity contribution < 1.29 is 14.3 Å². The molecular formula is C18H22ClN5O3. The molecule has 1 aliphatic rings. The van der Waals surface area contributed by atoms with Crippen LogP contribution in [0.2, 0.25) is 5.02 Å². The molecule has 2 aromatic rings. The highest BCUT2D eigenvalue weighted by Gasteiger charge is 2.28. The molecular weight excluding hydrogens is 370 g/mol. The van der Waals surface area contributed by atoms with Crippen LogP contribution in [0.4, 0.5) is 16.3 Å². The highest BCUT2D eigenvalue weighted by molar-refractivity contribution is 6.31. The number of methoxy groups -OCH3 is 1. The summed E-state index contributed by atoms with van der Waals surface area (Å²) in [6.07, 6.45) is 3.82. The number of nitrogens with zero attached hydrogens (tertiary/aromatic N) is 4. The van der Waals surface area contributed by atoms with Crippen LogP contribution >= 0.6 is 11.6 Å². The zero-order valence-electron chi connectivity index (χ0n) is 15.5. The largest absolute Gasteiger partial charge is 0.495 e. The average molecular weight is 392 g/mol. The van der Waals surface area contributed by atoms with E-state index in [0.717, 1.165) is 0 Å². The molecule has 0 spiro atoms. The average Bonchev–Trinajstić information content (AvgIpc) is 3.11. The third-order valence-electron chi connectivity index (χ3n) is 4.18. The highest BCUT2D eigenvalue weighted by atomic mass is 35.5. The molecule has 2 heterocycles. The van der Waals surface area contributed by atoms with Gasteiger partial charge in [0.2, 0.25) is 5.88 Å². The van der Waals surface area contributed by atoms with Crippen molar-refractivity contribution in [1.29, 1.82) is 0 Å². The van der Waals surface area contributed by atoms with Crippen LogP contribution in [0.5, 0.6) is 11.6 Å². The second-order valence-corrected chi connectivity index (χ2v) is 6.80. The fourth-order valence-electron chi connectivity index (χ4n) is 2.76. The first kappa shape index (κ1) is 19.0. The van der Waals surface area contributed by atoms with Crippen LogP contribution in [-0.4, -0.2) is 61.3 Å². The Morgan fingerprint density at radius 2 is 2.19 bits per heavy atom. The van der Waals surface area contributed by atoms with E-state index in [9.17, 15) is 4.79 Å². The van der Waals surface area contributed by atoms with Gasteiger partial charge in [-0.15, -0.1) is 0 Å². The Kier molecular flexibility index (Phi) is 5.85.